The summed E-state index contributed by atoms with van der Waals surface area (Å²) in [5, 5.41) is 5.82. The van der Waals surface area contributed by atoms with E-state index in [9.17, 15) is 13.6 Å². The zero-order valence-corrected chi connectivity index (χ0v) is 25.3. The fourth-order valence-electron chi connectivity index (χ4n) is 8.58. The number of carbonyl (C=O) groups excluding carboxylic acids is 1. The van der Waals surface area contributed by atoms with Gasteiger partial charge in [0.25, 0.3) is 0 Å². The molecule has 3 fully saturated rings. The average molecular weight is 570 g/mol. The number of halogens is 2. The van der Waals surface area contributed by atoms with Crippen LogP contribution in [0, 0.1) is 22.5 Å². The molecule has 0 radical (unpaired) electrons. The number of rotatable bonds is 6. The van der Waals surface area contributed by atoms with E-state index in [0.29, 0.717) is 6.04 Å². The van der Waals surface area contributed by atoms with Crippen LogP contribution in [0.3, 0.4) is 0 Å². The van der Waals surface area contributed by atoms with E-state index in [0.717, 1.165) is 68.7 Å². The highest BCUT2D eigenvalue weighted by atomic mass is 19.2. The number of nitrogens with zero attached hydrogens (tertiary/aromatic N) is 1. The highest BCUT2D eigenvalue weighted by molar-refractivity contribution is 5.89. The Kier molecular flexibility index (Phi) is 8.01. The first kappa shape index (κ1) is 29.6. The Morgan fingerprint density at radius 1 is 0.927 bits per heavy atom. The van der Waals surface area contributed by atoms with Crippen LogP contribution >= 0.6 is 0 Å². The quantitative estimate of drug-likeness (QED) is 0.384. The van der Waals surface area contributed by atoms with Gasteiger partial charge in [0, 0.05) is 35.3 Å². The van der Waals surface area contributed by atoms with Crippen molar-refractivity contribution in [1.29, 1.82) is 0 Å². The molecule has 2 aromatic rings. The molecule has 41 heavy (non-hydrogen) atoms. The zero-order valence-electron chi connectivity index (χ0n) is 25.3. The van der Waals surface area contributed by atoms with Crippen LogP contribution in [-0.4, -0.2) is 49.8 Å². The monoisotopic (exact) mass is 569 g/mol. The summed E-state index contributed by atoms with van der Waals surface area (Å²) in [6.07, 6.45) is 7.15. The van der Waals surface area contributed by atoms with Crippen molar-refractivity contribution < 1.29 is 23.0 Å². The van der Waals surface area contributed by atoms with Crippen LogP contribution in [0.15, 0.2) is 36.4 Å². The second-order valence-corrected chi connectivity index (χ2v) is 14.0. The molecule has 0 bridgehead atoms. The van der Waals surface area contributed by atoms with Gasteiger partial charge in [0.15, 0.2) is 23.1 Å². The predicted molar refractivity (Wildman–Crippen MR) is 158 cm³/mol. The number of hydrogen-bond acceptors (Lipinski definition) is 4. The number of carbonyl (C=O) groups is 1. The predicted octanol–water partition coefficient (Wildman–Crippen LogP) is 7.27. The van der Waals surface area contributed by atoms with Crippen molar-refractivity contribution in [3.8, 4) is 11.5 Å². The van der Waals surface area contributed by atoms with Crippen LogP contribution in [0.25, 0.3) is 0 Å². The van der Waals surface area contributed by atoms with Crippen LogP contribution in [0.4, 0.5) is 19.3 Å². The average Bonchev–Trinajstić information content (AvgIpc) is 3.28. The third-order valence-corrected chi connectivity index (χ3v) is 9.77. The SMILES string of the molecule is COc1ccc([C@@]23CC[C@H](NC(=O)Nc4ccc(F)c(F)c4)C[C@H]2N(C2CC(C)(C)CC(C)(C)C2)CC3)cc1OC. The lowest BCUT2D eigenvalue weighted by Crippen LogP contribution is -2.56. The van der Waals surface area contributed by atoms with E-state index in [-0.39, 0.29) is 34.0 Å². The summed E-state index contributed by atoms with van der Waals surface area (Å²) in [7, 11) is 3.33. The Balaban J connectivity index is 1.42. The molecule has 1 saturated heterocycles. The molecule has 1 heterocycles. The molecule has 2 amide bonds. The highest BCUT2D eigenvalue weighted by Crippen LogP contribution is 2.54. The van der Waals surface area contributed by atoms with Crippen LogP contribution in [0.5, 0.6) is 11.5 Å². The lowest BCUT2D eigenvalue weighted by atomic mass is 9.62. The summed E-state index contributed by atoms with van der Waals surface area (Å²) in [5.41, 5.74) is 1.96. The molecule has 0 spiro atoms. The molecular weight excluding hydrogens is 524 g/mol. The molecule has 8 heteroatoms. The van der Waals surface area contributed by atoms with Crippen LogP contribution < -0.4 is 20.1 Å². The first-order valence-electron chi connectivity index (χ1n) is 14.9. The molecule has 5 rings (SSSR count). The van der Waals surface area contributed by atoms with Crippen LogP contribution in [-0.2, 0) is 5.41 Å². The fourth-order valence-corrected chi connectivity index (χ4v) is 8.58. The van der Waals surface area contributed by atoms with Gasteiger partial charge in [0.05, 0.1) is 14.2 Å². The number of likely N-dealkylation sites (tertiary alicyclic amines) is 1. The fraction of sp³-hybridized carbons (Fsp3) is 0.606. The number of methoxy groups -OCH3 is 2. The minimum atomic E-state index is -0.986. The van der Waals surface area contributed by atoms with Crippen molar-refractivity contribution in [2.45, 2.75) is 96.2 Å². The van der Waals surface area contributed by atoms with Crippen molar-refractivity contribution in [3.05, 3.63) is 53.6 Å². The number of hydrogen-bond donors (Lipinski definition) is 2. The summed E-state index contributed by atoms with van der Waals surface area (Å²) >= 11 is 0. The van der Waals surface area contributed by atoms with E-state index in [1.165, 1.54) is 18.1 Å². The van der Waals surface area contributed by atoms with Crippen LogP contribution in [0.1, 0.15) is 78.2 Å². The van der Waals surface area contributed by atoms with Gasteiger partial charge in [-0.2, -0.15) is 0 Å². The van der Waals surface area contributed by atoms with Gasteiger partial charge in [-0.25, -0.2) is 13.6 Å². The standard InChI is InChI=1S/C33H45F2N3O3/c1-31(2)18-24(19-32(3,4)20-31)38-14-13-33(21-7-10-27(40-5)28(15-21)41-6)12-11-23(17-29(33)38)37-30(39)36-22-8-9-25(34)26(35)16-22/h7-10,15-16,23-24,29H,11-14,17-20H2,1-6H3,(H2,36,37,39)/t23-,29+,33-/m0/s1. The van der Waals surface area contributed by atoms with E-state index >= 15 is 0 Å². The molecule has 2 saturated carbocycles. The molecule has 6 nitrogen and oxygen atoms in total. The second kappa shape index (κ2) is 11.1. The summed E-state index contributed by atoms with van der Waals surface area (Å²) in [5.74, 6) is -0.466. The van der Waals surface area contributed by atoms with Gasteiger partial charge in [0.2, 0.25) is 0 Å². The molecule has 224 valence electrons. The molecule has 1 aliphatic heterocycles. The summed E-state index contributed by atoms with van der Waals surface area (Å²) in [4.78, 5) is 15.7. The number of anilines is 1. The number of ether oxygens (including phenoxy) is 2. The third kappa shape index (κ3) is 6.04. The van der Waals surface area contributed by atoms with E-state index in [1.54, 1.807) is 14.2 Å². The summed E-state index contributed by atoms with van der Waals surface area (Å²) < 4.78 is 38.3. The number of amides is 2. The van der Waals surface area contributed by atoms with E-state index in [2.05, 4.69) is 55.4 Å². The Morgan fingerprint density at radius 2 is 1.63 bits per heavy atom. The first-order chi connectivity index (χ1) is 19.3. The van der Waals surface area contributed by atoms with E-state index in [4.69, 9.17) is 9.47 Å². The molecule has 3 aliphatic rings. The summed E-state index contributed by atoms with van der Waals surface area (Å²) in [6, 6.07) is 10.0. The molecule has 2 N–H and O–H groups in total. The molecule has 2 aromatic carbocycles. The minimum absolute atomic E-state index is 0.0382. The smallest absolute Gasteiger partial charge is 0.319 e. The molecule has 3 atom stereocenters. The Hall–Kier alpha value is -2.87. The lowest BCUT2D eigenvalue weighted by Gasteiger charge is -2.52. The van der Waals surface area contributed by atoms with E-state index in [1.807, 2.05) is 6.07 Å². The number of fused-ring (bicyclic) bond motifs is 1. The third-order valence-electron chi connectivity index (χ3n) is 9.77. The van der Waals surface area contributed by atoms with Gasteiger partial charge >= 0.3 is 6.03 Å². The van der Waals surface area contributed by atoms with E-state index < -0.39 is 17.7 Å². The lowest BCUT2D eigenvalue weighted by molar-refractivity contribution is 0.00260. The van der Waals surface area contributed by atoms with Gasteiger partial charge in [-0.05, 0) is 92.1 Å². The van der Waals surface area contributed by atoms with Gasteiger partial charge in [0.1, 0.15) is 0 Å². The van der Waals surface area contributed by atoms with Crippen molar-refractivity contribution in [3.63, 3.8) is 0 Å². The topological polar surface area (TPSA) is 62.8 Å². The van der Waals surface area contributed by atoms with Crippen molar-refractivity contribution in [1.82, 2.24) is 10.2 Å². The Labute approximate surface area is 243 Å². The van der Waals surface area contributed by atoms with Crippen molar-refractivity contribution >= 4 is 11.7 Å². The van der Waals surface area contributed by atoms with Gasteiger partial charge in [-0.3, -0.25) is 4.90 Å². The van der Waals surface area contributed by atoms with Gasteiger partial charge < -0.3 is 20.1 Å². The largest absolute Gasteiger partial charge is 0.493 e. The van der Waals surface area contributed by atoms with Crippen LogP contribution in [0.2, 0.25) is 0 Å². The van der Waals surface area contributed by atoms with Crippen molar-refractivity contribution in [2.24, 2.45) is 10.8 Å². The Morgan fingerprint density at radius 3 is 2.29 bits per heavy atom. The minimum Gasteiger partial charge on any atom is -0.493 e. The number of nitrogens with one attached hydrogen (secondary N) is 2. The highest BCUT2D eigenvalue weighted by Gasteiger charge is 2.55. The maximum Gasteiger partial charge on any atom is 0.319 e. The first-order valence-corrected chi connectivity index (χ1v) is 14.9. The second-order valence-electron chi connectivity index (χ2n) is 14.0. The molecular formula is C33H45F2N3O3. The maximum atomic E-state index is 13.7. The number of urea groups is 1. The van der Waals surface area contributed by atoms with Crippen molar-refractivity contribution in [2.75, 3.05) is 26.1 Å². The number of benzene rings is 2. The Bertz CT molecular complexity index is 1270. The normalized spacial score (nSPS) is 27.6. The van der Waals surface area contributed by atoms with Gasteiger partial charge in [-0.1, -0.05) is 33.8 Å². The maximum absolute atomic E-state index is 13.7. The zero-order chi connectivity index (χ0) is 29.6. The molecule has 0 unspecified atom stereocenters. The molecule has 0 aromatic heterocycles. The summed E-state index contributed by atoms with van der Waals surface area (Å²) in [6.45, 7) is 10.6. The molecule has 2 aliphatic carbocycles. The van der Waals surface area contributed by atoms with Gasteiger partial charge in [-0.15, -0.1) is 0 Å².